The predicted octanol–water partition coefficient (Wildman–Crippen LogP) is 3.32. The van der Waals surface area contributed by atoms with Gasteiger partial charge in [0.05, 0.1) is 5.92 Å². The lowest BCUT2D eigenvalue weighted by atomic mass is 10.0. The molecule has 0 aliphatic heterocycles. The average molecular weight is 330 g/mol. The van der Waals surface area contributed by atoms with Gasteiger partial charge in [-0.05, 0) is 49.9 Å². The van der Waals surface area contributed by atoms with Crippen molar-refractivity contribution in [2.24, 2.45) is 11.8 Å². The molecule has 21 heavy (non-hydrogen) atoms. The lowest BCUT2D eigenvalue weighted by molar-refractivity contribution is -0.142. The fourth-order valence-electron chi connectivity index (χ4n) is 2.31. The largest absolute Gasteiger partial charge is 0.481 e. The van der Waals surface area contributed by atoms with Gasteiger partial charge in [-0.2, -0.15) is 0 Å². The highest BCUT2D eigenvalue weighted by atomic mass is 35.5. The highest BCUT2D eigenvalue weighted by Gasteiger charge is 2.44. The van der Waals surface area contributed by atoms with Crippen molar-refractivity contribution in [2.45, 2.75) is 32.2 Å². The van der Waals surface area contributed by atoms with Crippen LogP contribution in [-0.4, -0.2) is 23.0 Å². The number of rotatable bonds is 5. The Kier molecular flexibility index (Phi) is 4.79. The summed E-state index contributed by atoms with van der Waals surface area (Å²) in [6.07, 6.45) is 0.733. The van der Waals surface area contributed by atoms with Crippen LogP contribution in [0.3, 0.4) is 0 Å². The van der Waals surface area contributed by atoms with E-state index in [0.717, 1.165) is 12.0 Å². The van der Waals surface area contributed by atoms with Crippen LogP contribution in [0.5, 0.6) is 0 Å². The molecule has 0 saturated heterocycles. The van der Waals surface area contributed by atoms with Gasteiger partial charge >= 0.3 is 5.97 Å². The number of carbonyl (C=O) groups excluding carboxylic acids is 1. The summed E-state index contributed by atoms with van der Waals surface area (Å²) in [5.41, 5.74) is 0.951. The van der Waals surface area contributed by atoms with E-state index >= 15 is 0 Å². The van der Waals surface area contributed by atoms with E-state index in [1.54, 1.807) is 19.9 Å². The summed E-state index contributed by atoms with van der Waals surface area (Å²) < 4.78 is 0. The van der Waals surface area contributed by atoms with Crippen LogP contribution < -0.4 is 5.32 Å². The van der Waals surface area contributed by atoms with Gasteiger partial charge in [-0.1, -0.05) is 23.2 Å². The highest BCUT2D eigenvalue weighted by molar-refractivity contribution is 6.34. The summed E-state index contributed by atoms with van der Waals surface area (Å²) in [7, 11) is 0. The van der Waals surface area contributed by atoms with Crippen LogP contribution in [0.1, 0.15) is 31.7 Å². The van der Waals surface area contributed by atoms with Crippen molar-refractivity contribution in [3.8, 4) is 0 Å². The van der Waals surface area contributed by atoms with Crippen molar-refractivity contribution in [1.29, 1.82) is 0 Å². The summed E-state index contributed by atoms with van der Waals surface area (Å²) in [5, 5.41) is 12.8. The van der Waals surface area contributed by atoms with E-state index in [1.165, 1.54) is 0 Å². The first-order valence-corrected chi connectivity index (χ1v) is 7.54. The van der Waals surface area contributed by atoms with Crippen LogP contribution in [0.2, 0.25) is 10.0 Å². The fourth-order valence-corrected chi connectivity index (χ4v) is 2.86. The molecule has 1 aliphatic carbocycles. The summed E-state index contributed by atoms with van der Waals surface area (Å²) in [5.74, 6) is -1.68. The minimum Gasteiger partial charge on any atom is -0.481 e. The van der Waals surface area contributed by atoms with Crippen molar-refractivity contribution >= 4 is 35.1 Å². The smallest absolute Gasteiger partial charge is 0.308 e. The number of carbonyl (C=O) groups is 2. The molecule has 4 atom stereocenters. The Morgan fingerprint density at radius 2 is 1.81 bits per heavy atom. The Balaban J connectivity index is 1.96. The van der Waals surface area contributed by atoms with Crippen molar-refractivity contribution in [3.05, 3.63) is 33.8 Å². The zero-order valence-corrected chi connectivity index (χ0v) is 13.3. The third kappa shape index (κ3) is 3.89. The molecule has 0 spiro atoms. The maximum absolute atomic E-state index is 12.1. The van der Waals surface area contributed by atoms with Crippen LogP contribution in [0.4, 0.5) is 0 Å². The van der Waals surface area contributed by atoms with E-state index in [-0.39, 0.29) is 17.7 Å². The maximum atomic E-state index is 12.1. The molecule has 6 heteroatoms. The zero-order valence-electron chi connectivity index (χ0n) is 11.8. The third-order valence-corrected chi connectivity index (χ3v) is 4.39. The number of hydrogen-bond acceptors (Lipinski definition) is 2. The monoisotopic (exact) mass is 329 g/mol. The topological polar surface area (TPSA) is 66.4 Å². The number of carboxylic acids is 1. The van der Waals surface area contributed by atoms with E-state index in [4.69, 9.17) is 28.3 Å². The van der Waals surface area contributed by atoms with Gasteiger partial charge in [-0.25, -0.2) is 0 Å². The summed E-state index contributed by atoms with van der Waals surface area (Å²) in [6.45, 7) is 3.28. The molecule has 2 N–H and O–H groups in total. The molecule has 0 heterocycles. The molecule has 1 fully saturated rings. The molecular formula is C15H17Cl2NO3. The first kappa shape index (κ1) is 16.1. The first-order chi connectivity index (χ1) is 9.79. The molecule has 0 bridgehead atoms. The number of aliphatic carboxylic acids is 1. The number of benzene rings is 1. The van der Waals surface area contributed by atoms with Crippen LogP contribution >= 0.6 is 23.2 Å². The van der Waals surface area contributed by atoms with E-state index in [1.807, 2.05) is 12.1 Å². The van der Waals surface area contributed by atoms with Gasteiger partial charge < -0.3 is 10.4 Å². The third-order valence-electron chi connectivity index (χ3n) is 3.95. The molecule has 1 saturated carbocycles. The number of amides is 1. The average Bonchev–Trinajstić information content (AvgIpc) is 3.16. The Hall–Kier alpha value is -1.26. The van der Waals surface area contributed by atoms with Gasteiger partial charge in [-0.3, -0.25) is 9.59 Å². The van der Waals surface area contributed by atoms with Crippen LogP contribution in [-0.2, 0) is 9.59 Å². The highest BCUT2D eigenvalue weighted by Crippen LogP contribution is 2.48. The molecule has 0 aromatic heterocycles. The van der Waals surface area contributed by atoms with Crippen molar-refractivity contribution in [2.75, 3.05) is 0 Å². The number of carboxylic acid groups (broad SMARTS) is 1. The standard InChI is InChI=1S/C15H17Cl2NO3/c1-7(15(20)21)8(2)18-14(19)13-6-12(13)9-3-10(16)5-11(17)4-9/h3-5,7-8,12-13H,6H2,1-2H3,(H,18,19)(H,20,21). The van der Waals surface area contributed by atoms with E-state index < -0.39 is 17.9 Å². The minimum atomic E-state index is -0.920. The van der Waals surface area contributed by atoms with Crippen LogP contribution in [0, 0.1) is 11.8 Å². The molecule has 1 amide bonds. The second kappa shape index (κ2) is 6.24. The van der Waals surface area contributed by atoms with Gasteiger partial charge in [0.1, 0.15) is 0 Å². The van der Waals surface area contributed by atoms with Gasteiger partial charge in [0.15, 0.2) is 0 Å². The van der Waals surface area contributed by atoms with Gasteiger partial charge in [0.25, 0.3) is 0 Å². The number of hydrogen-bond donors (Lipinski definition) is 2. The second-order valence-corrected chi connectivity index (χ2v) is 6.45. The Morgan fingerprint density at radius 3 is 2.33 bits per heavy atom. The summed E-state index contributed by atoms with van der Waals surface area (Å²) in [4.78, 5) is 23.0. The molecule has 4 nitrogen and oxygen atoms in total. The molecular weight excluding hydrogens is 313 g/mol. The van der Waals surface area contributed by atoms with Crippen molar-refractivity contribution in [1.82, 2.24) is 5.32 Å². The van der Waals surface area contributed by atoms with Crippen molar-refractivity contribution in [3.63, 3.8) is 0 Å². The van der Waals surface area contributed by atoms with E-state index in [9.17, 15) is 9.59 Å². The number of halogens is 2. The van der Waals surface area contributed by atoms with Gasteiger partial charge in [-0.15, -0.1) is 0 Å². The normalized spacial score (nSPS) is 23.2. The van der Waals surface area contributed by atoms with Crippen LogP contribution in [0.25, 0.3) is 0 Å². The van der Waals surface area contributed by atoms with Crippen molar-refractivity contribution < 1.29 is 14.7 Å². The lowest BCUT2D eigenvalue weighted by Gasteiger charge is -2.17. The summed E-state index contributed by atoms with van der Waals surface area (Å²) in [6, 6.07) is 4.88. The quantitative estimate of drug-likeness (QED) is 0.870. The Bertz CT molecular complexity index is 556. The number of nitrogens with one attached hydrogen (secondary N) is 1. The molecule has 2 rings (SSSR count). The Labute approximate surface area is 133 Å². The second-order valence-electron chi connectivity index (χ2n) is 5.58. The predicted molar refractivity (Wildman–Crippen MR) is 81.7 cm³/mol. The first-order valence-electron chi connectivity index (χ1n) is 6.78. The van der Waals surface area contributed by atoms with Gasteiger partial charge in [0, 0.05) is 22.0 Å². The molecule has 1 aromatic rings. The fraction of sp³-hybridized carbons (Fsp3) is 0.467. The van der Waals surface area contributed by atoms with Crippen LogP contribution in [0.15, 0.2) is 18.2 Å². The minimum absolute atomic E-state index is 0.105. The maximum Gasteiger partial charge on any atom is 0.308 e. The molecule has 0 radical (unpaired) electrons. The molecule has 114 valence electrons. The Morgan fingerprint density at radius 1 is 1.24 bits per heavy atom. The summed E-state index contributed by atoms with van der Waals surface area (Å²) >= 11 is 11.9. The molecule has 1 aliphatic rings. The van der Waals surface area contributed by atoms with Gasteiger partial charge in [0.2, 0.25) is 5.91 Å². The lowest BCUT2D eigenvalue weighted by Crippen LogP contribution is -2.40. The van der Waals surface area contributed by atoms with E-state index in [0.29, 0.717) is 10.0 Å². The zero-order chi connectivity index (χ0) is 15.7. The molecule has 4 unspecified atom stereocenters. The molecule has 1 aromatic carbocycles. The SMILES string of the molecule is CC(NC(=O)C1CC1c1cc(Cl)cc(Cl)c1)C(C)C(=O)O. The van der Waals surface area contributed by atoms with E-state index in [2.05, 4.69) is 5.32 Å².